The van der Waals surface area contributed by atoms with Crippen molar-refractivity contribution >= 4 is 5.91 Å². The molecule has 0 saturated carbocycles. The van der Waals surface area contributed by atoms with Crippen LogP contribution >= 0.6 is 0 Å². The molecule has 0 aromatic carbocycles. The van der Waals surface area contributed by atoms with Gasteiger partial charge in [0.2, 0.25) is 5.91 Å². The van der Waals surface area contributed by atoms with Gasteiger partial charge in [0.15, 0.2) is 0 Å². The van der Waals surface area contributed by atoms with Crippen molar-refractivity contribution in [1.82, 2.24) is 10.2 Å². The summed E-state index contributed by atoms with van der Waals surface area (Å²) >= 11 is 0. The van der Waals surface area contributed by atoms with Gasteiger partial charge in [0, 0.05) is 19.1 Å². The van der Waals surface area contributed by atoms with Gasteiger partial charge in [-0.1, -0.05) is 0 Å². The minimum atomic E-state index is -0.192. The molecule has 0 aromatic heterocycles. The third kappa shape index (κ3) is 2.61. The van der Waals surface area contributed by atoms with Gasteiger partial charge in [-0.05, 0) is 32.7 Å². The summed E-state index contributed by atoms with van der Waals surface area (Å²) in [6.45, 7) is 6.95. The lowest BCUT2D eigenvalue weighted by atomic mass is 10.1. The first-order chi connectivity index (χ1) is 8.13. The summed E-state index contributed by atoms with van der Waals surface area (Å²) < 4.78 is 5.52. The minimum Gasteiger partial charge on any atom is -0.375 e. The van der Waals surface area contributed by atoms with E-state index in [2.05, 4.69) is 12.2 Å². The van der Waals surface area contributed by atoms with Gasteiger partial charge in [0.1, 0.15) is 6.04 Å². The van der Waals surface area contributed by atoms with Crippen LogP contribution in [0.5, 0.6) is 0 Å². The standard InChI is InChI=1S/C12H23N3O2/c1-8-5-10(6-13)7-15(8)12(16)11-9(2)17-4-3-14-11/h8-11,14H,3-7,13H2,1-2H3/t8?,9-,10?,11+/m1/s1. The summed E-state index contributed by atoms with van der Waals surface area (Å²) in [6.07, 6.45) is 0.977. The molecule has 5 heteroatoms. The molecule has 2 unspecified atom stereocenters. The molecule has 17 heavy (non-hydrogen) atoms. The molecular formula is C12H23N3O2. The SMILES string of the molecule is CC1CC(CN)CN1C(=O)[C@H]1NCCO[C@@H]1C. The van der Waals surface area contributed by atoms with Crippen molar-refractivity contribution in [2.45, 2.75) is 38.5 Å². The number of nitrogens with one attached hydrogen (secondary N) is 1. The lowest BCUT2D eigenvalue weighted by Crippen LogP contribution is -2.57. The average Bonchev–Trinajstić information content (AvgIpc) is 2.70. The first-order valence-electron chi connectivity index (χ1n) is 6.49. The Hall–Kier alpha value is -0.650. The summed E-state index contributed by atoms with van der Waals surface area (Å²) in [4.78, 5) is 14.4. The van der Waals surface area contributed by atoms with Crippen molar-refractivity contribution in [2.75, 3.05) is 26.2 Å². The van der Waals surface area contributed by atoms with Gasteiger partial charge in [0.25, 0.3) is 0 Å². The van der Waals surface area contributed by atoms with Gasteiger partial charge >= 0.3 is 0 Å². The van der Waals surface area contributed by atoms with Gasteiger partial charge in [-0.3, -0.25) is 4.79 Å². The first kappa shape index (κ1) is 12.8. The number of morpholine rings is 1. The molecule has 0 aromatic rings. The van der Waals surface area contributed by atoms with E-state index in [1.807, 2.05) is 11.8 Å². The zero-order valence-electron chi connectivity index (χ0n) is 10.7. The molecule has 1 amide bonds. The van der Waals surface area contributed by atoms with E-state index in [9.17, 15) is 4.79 Å². The molecule has 0 bridgehead atoms. The number of nitrogens with two attached hydrogens (primary N) is 1. The Kier molecular flexibility index (Phi) is 4.01. The van der Waals surface area contributed by atoms with Crippen LogP contribution in [0.15, 0.2) is 0 Å². The van der Waals surface area contributed by atoms with Crippen molar-refractivity contribution in [2.24, 2.45) is 11.7 Å². The maximum Gasteiger partial charge on any atom is 0.242 e. The van der Waals surface area contributed by atoms with Crippen LogP contribution in [-0.4, -0.2) is 55.2 Å². The smallest absolute Gasteiger partial charge is 0.242 e. The largest absolute Gasteiger partial charge is 0.375 e. The second-order valence-electron chi connectivity index (χ2n) is 5.18. The van der Waals surface area contributed by atoms with E-state index < -0.39 is 0 Å². The minimum absolute atomic E-state index is 0.0413. The van der Waals surface area contributed by atoms with Gasteiger partial charge in [0.05, 0.1) is 12.7 Å². The Morgan fingerprint density at radius 3 is 2.88 bits per heavy atom. The van der Waals surface area contributed by atoms with E-state index in [0.717, 1.165) is 19.5 Å². The molecule has 2 aliphatic heterocycles. The lowest BCUT2D eigenvalue weighted by Gasteiger charge is -2.33. The summed E-state index contributed by atoms with van der Waals surface area (Å²) in [7, 11) is 0. The molecule has 2 aliphatic rings. The molecule has 98 valence electrons. The number of rotatable bonds is 2. The van der Waals surface area contributed by atoms with Gasteiger partial charge in [-0.25, -0.2) is 0 Å². The molecule has 3 N–H and O–H groups in total. The second kappa shape index (κ2) is 5.33. The van der Waals surface area contributed by atoms with Crippen LogP contribution in [0.2, 0.25) is 0 Å². The van der Waals surface area contributed by atoms with Crippen molar-refractivity contribution in [3.05, 3.63) is 0 Å². The summed E-state index contributed by atoms with van der Waals surface area (Å²) in [5, 5.41) is 3.25. The fourth-order valence-electron chi connectivity index (χ4n) is 2.81. The van der Waals surface area contributed by atoms with Crippen molar-refractivity contribution in [3.63, 3.8) is 0 Å². The highest BCUT2D eigenvalue weighted by Gasteiger charge is 2.38. The molecule has 4 atom stereocenters. The number of ether oxygens (including phenoxy) is 1. The van der Waals surface area contributed by atoms with E-state index in [4.69, 9.17) is 10.5 Å². The Balaban J connectivity index is 1.99. The molecule has 0 spiro atoms. The van der Waals surface area contributed by atoms with Crippen LogP contribution in [0.3, 0.4) is 0 Å². The fourth-order valence-corrected chi connectivity index (χ4v) is 2.81. The highest BCUT2D eigenvalue weighted by Crippen LogP contribution is 2.23. The quantitative estimate of drug-likeness (QED) is 0.688. The maximum absolute atomic E-state index is 12.4. The van der Waals surface area contributed by atoms with E-state index in [1.165, 1.54) is 0 Å². The monoisotopic (exact) mass is 241 g/mol. The van der Waals surface area contributed by atoms with Gasteiger partial charge in [-0.15, -0.1) is 0 Å². The van der Waals surface area contributed by atoms with Gasteiger partial charge in [-0.2, -0.15) is 0 Å². The van der Waals surface area contributed by atoms with Crippen LogP contribution in [0, 0.1) is 5.92 Å². The van der Waals surface area contributed by atoms with Crippen LogP contribution in [0.1, 0.15) is 20.3 Å². The van der Waals surface area contributed by atoms with E-state index in [1.54, 1.807) is 0 Å². The molecule has 0 aliphatic carbocycles. The number of amides is 1. The number of nitrogens with zero attached hydrogens (tertiary/aromatic N) is 1. The normalized spacial score (nSPS) is 38.4. The second-order valence-corrected chi connectivity index (χ2v) is 5.18. The molecule has 0 radical (unpaired) electrons. The Morgan fingerprint density at radius 1 is 1.53 bits per heavy atom. The predicted octanol–water partition coefficient (Wildman–Crippen LogP) is -0.441. The highest BCUT2D eigenvalue weighted by atomic mass is 16.5. The zero-order valence-corrected chi connectivity index (χ0v) is 10.7. The van der Waals surface area contributed by atoms with E-state index in [-0.39, 0.29) is 18.1 Å². The first-order valence-corrected chi connectivity index (χ1v) is 6.49. The summed E-state index contributed by atoms with van der Waals surface area (Å²) in [5.74, 6) is 0.620. The third-order valence-corrected chi connectivity index (χ3v) is 3.86. The zero-order chi connectivity index (χ0) is 12.4. The summed E-state index contributed by atoms with van der Waals surface area (Å²) in [5.41, 5.74) is 5.69. The maximum atomic E-state index is 12.4. The molecular weight excluding hydrogens is 218 g/mol. The van der Waals surface area contributed by atoms with Crippen LogP contribution in [0.25, 0.3) is 0 Å². The number of carbonyl (C=O) groups excluding carboxylic acids is 1. The highest BCUT2D eigenvalue weighted by molar-refractivity contribution is 5.83. The number of hydrogen-bond donors (Lipinski definition) is 2. The van der Waals surface area contributed by atoms with Crippen LogP contribution in [-0.2, 0) is 9.53 Å². The molecule has 2 fully saturated rings. The van der Waals surface area contributed by atoms with Crippen molar-refractivity contribution in [3.8, 4) is 0 Å². The molecule has 2 saturated heterocycles. The van der Waals surface area contributed by atoms with E-state index in [0.29, 0.717) is 25.1 Å². The van der Waals surface area contributed by atoms with E-state index >= 15 is 0 Å². The summed E-state index contributed by atoms with van der Waals surface area (Å²) in [6, 6.07) is 0.106. The topological polar surface area (TPSA) is 67.6 Å². The Labute approximate surface area is 103 Å². The number of carbonyl (C=O) groups is 1. The lowest BCUT2D eigenvalue weighted by molar-refractivity contribution is -0.140. The Bertz CT molecular complexity index is 285. The van der Waals surface area contributed by atoms with Crippen molar-refractivity contribution < 1.29 is 9.53 Å². The predicted molar refractivity (Wildman–Crippen MR) is 65.5 cm³/mol. The number of hydrogen-bond acceptors (Lipinski definition) is 4. The van der Waals surface area contributed by atoms with Crippen LogP contribution in [0.4, 0.5) is 0 Å². The average molecular weight is 241 g/mol. The number of likely N-dealkylation sites (tertiary alicyclic amines) is 1. The molecule has 2 heterocycles. The molecule has 5 nitrogen and oxygen atoms in total. The van der Waals surface area contributed by atoms with Crippen molar-refractivity contribution in [1.29, 1.82) is 0 Å². The van der Waals surface area contributed by atoms with Gasteiger partial charge < -0.3 is 20.7 Å². The Morgan fingerprint density at radius 2 is 2.29 bits per heavy atom. The molecule has 2 rings (SSSR count). The fraction of sp³-hybridized carbons (Fsp3) is 0.917. The van der Waals surface area contributed by atoms with Crippen LogP contribution < -0.4 is 11.1 Å². The third-order valence-electron chi connectivity index (χ3n) is 3.86.